The number of quaternary nitrogens is 1. The molecule has 8 nitrogen and oxygen atoms in total. The van der Waals surface area contributed by atoms with E-state index in [1.54, 1.807) is 21.1 Å². The van der Waals surface area contributed by atoms with Crippen molar-refractivity contribution in [3.63, 3.8) is 0 Å². The lowest BCUT2D eigenvalue weighted by Gasteiger charge is -2.34. The first-order valence-corrected chi connectivity index (χ1v) is 27.5. The normalized spacial score (nSPS) is 13.1. The average Bonchev–Trinajstić information content (AvgIpc) is 3.27. The summed E-state index contributed by atoms with van der Waals surface area (Å²) in [5.41, 5.74) is 0. The van der Waals surface area contributed by atoms with Gasteiger partial charge < -0.3 is 28.6 Å². The fourth-order valence-electron chi connectivity index (χ4n) is 8.32. The van der Waals surface area contributed by atoms with Gasteiger partial charge in [-0.25, -0.2) is 0 Å². The SMILES string of the molecule is CC/C=C\C/C=C\C/C=C\CCCCCCCCCC(=O)OC(COCCC(C(=O)[O-])[N+](C)(C)C)COC(=O)CCCCCCCCCCCCCCCCCCCCCCCCCC. The number of carbonyl (C=O) groups is 3. The molecule has 0 spiro atoms. The number of allylic oxidation sites excluding steroid dienone is 6. The highest BCUT2D eigenvalue weighted by Crippen LogP contribution is 2.17. The van der Waals surface area contributed by atoms with E-state index in [1.807, 2.05) is 0 Å². The molecule has 0 aromatic carbocycles. The van der Waals surface area contributed by atoms with Crippen LogP contribution < -0.4 is 5.11 Å². The standard InChI is InChI=1S/C57H105NO7/c1-6-8-10-12-14-16-18-20-22-24-25-26-27-28-29-30-32-33-35-37-39-41-43-45-47-55(59)64-52-53(51-63-50-49-54(57(61)62)58(3,4)5)65-56(60)48-46-44-42-40-38-36-34-31-23-21-19-17-15-13-11-9-7-2/h9,11,15,17,21,23,53-54H,6-8,10,12-14,16,18-20,22,24-52H2,1-5H3/b11-9-,17-15-,23-21-. The lowest BCUT2D eigenvalue weighted by atomic mass is 10.0. The number of esters is 2. The molecule has 0 aliphatic rings. The number of carboxylic acid groups (broad SMARTS) is 1. The van der Waals surface area contributed by atoms with E-state index in [0.29, 0.717) is 12.8 Å². The first-order valence-electron chi connectivity index (χ1n) is 27.5. The van der Waals surface area contributed by atoms with Gasteiger partial charge in [-0.2, -0.15) is 0 Å². The molecule has 0 rings (SSSR count). The minimum atomic E-state index is -1.12. The maximum absolute atomic E-state index is 12.8. The minimum Gasteiger partial charge on any atom is -0.544 e. The molecule has 0 aromatic heterocycles. The summed E-state index contributed by atoms with van der Waals surface area (Å²) < 4.78 is 17.3. The summed E-state index contributed by atoms with van der Waals surface area (Å²) in [6, 6.07) is -0.727. The predicted molar refractivity (Wildman–Crippen MR) is 273 cm³/mol. The Labute approximate surface area is 402 Å². The molecule has 2 atom stereocenters. The fraction of sp³-hybridized carbons (Fsp3) is 0.842. The van der Waals surface area contributed by atoms with Gasteiger partial charge in [0.1, 0.15) is 12.6 Å². The summed E-state index contributed by atoms with van der Waals surface area (Å²) in [5.74, 6) is -1.73. The van der Waals surface area contributed by atoms with Crippen LogP contribution in [0.2, 0.25) is 0 Å². The molecule has 0 amide bonds. The van der Waals surface area contributed by atoms with Crippen LogP contribution in [0.1, 0.15) is 258 Å². The molecule has 2 unspecified atom stereocenters. The molecule has 0 bridgehead atoms. The molecule has 0 radical (unpaired) electrons. The number of nitrogens with zero attached hydrogens (tertiary/aromatic N) is 1. The van der Waals surface area contributed by atoms with Gasteiger partial charge in [0.25, 0.3) is 0 Å². The van der Waals surface area contributed by atoms with Crippen LogP contribution in [-0.4, -0.2) is 75.5 Å². The first kappa shape index (κ1) is 62.5. The molecule has 0 fully saturated rings. The molecular formula is C57H105NO7. The van der Waals surface area contributed by atoms with Crippen molar-refractivity contribution in [3.8, 4) is 0 Å². The highest BCUT2D eigenvalue weighted by molar-refractivity contribution is 5.70. The molecule has 380 valence electrons. The van der Waals surface area contributed by atoms with Crippen molar-refractivity contribution in [2.45, 2.75) is 270 Å². The highest BCUT2D eigenvalue weighted by atomic mass is 16.6. The third-order valence-electron chi connectivity index (χ3n) is 12.5. The largest absolute Gasteiger partial charge is 0.544 e. The first-order chi connectivity index (χ1) is 31.6. The molecule has 0 saturated heterocycles. The zero-order valence-corrected chi connectivity index (χ0v) is 43.4. The Morgan fingerprint density at radius 1 is 0.477 bits per heavy atom. The smallest absolute Gasteiger partial charge is 0.306 e. The monoisotopic (exact) mass is 916 g/mol. The number of carboxylic acids is 1. The van der Waals surface area contributed by atoms with E-state index in [1.165, 1.54) is 161 Å². The van der Waals surface area contributed by atoms with Gasteiger partial charge in [-0.05, 0) is 44.9 Å². The summed E-state index contributed by atoms with van der Waals surface area (Å²) in [4.78, 5) is 37.1. The average molecular weight is 916 g/mol. The molecular weight excluding hydrogens is 811 g/mol. The van der Waals surface area contributed by atoms with Crippen LogP contribution in [0, 0.1) is 0 Å². The van der Waals surface area contributed by atoms with E-state index in [2.05, 4.69) is 50.3 Å². The summed E-state index contributed by atoms with van der Waals surface area (Å²) in [6.45, 7) is 4.59. The van der Waals surface area contributed by atoms with Crippen molar-refractivity contribution in [1.29, 1.82) is 0 Å². The van der Waals surface area contributed by atoms with E-state index < -0.39 is 18.1 Å². The maximum Gasteiger partial charge on any atom is 0.306 e. The molecule has 8 heteroatoms. The lowest BCUT2D eigenvalue weighted by Crippen LogP contribution is -2.55. The van der Waals surface area contributed by atoms with E-state index in [-0.39, 0.29) is 42.7 Å². The third kappa shape index (κ3) is 46.4. The quantitative estimate of drug-likeness (QED) is 0.0259. The van der Waals surface area contributed by atoms with E-state index in [9.17, 15) is 19.5 Å². The summed E-state index contributed by atoms with van der Waals surface area (Å²) in [7, 11) is 5.42. The van der Waals surface area contributed by atoms with Gasteiger partial charge in [0.2, 0.25) is 0 Å². The number of carbonyl (C=O) groups excluding carboxylic acids is 3. The molecule has 0 aliphatic heterocycles. The van der Waals surface area contributed by atoms with Crippen LogP contribution in [0.4, 0.5) is 0 Å². The molecule has 0 N–H and O–H groups in total. The van der Waals surface area contributed by atoms with Gasteiger partial charge in [-0.15, -0.1) is 0 Å². The Bertz CT molecular complexity index is 1160. The molecule has 0 aromatic rings. The van der Waals surface area contributed by atoms with Gasteiger partial charge in [0, 0.05) is 19.3 Å². The second-order valence-corrected chi connectivity index (χ2v) is 19.8. The van der Waals surface area contributed by atoms with Crippen molar-refractivity contribution in [2.75, 3.05) is 41.0 Å². The maximum atomic E-state index is 12.8. The van der Waals surface area contributed by atoms with Gasteiger partial charge in [-0.3, -0.25) is 9.59 Å². The summed E-state index contributed by atoms with van der Waals surface area (Å²) in [6.07, 6.45) is 57.6. The van der Waals surface area contributed by atoms with Gasteiger partial charge in [0.15, 0.2) is 6.10 Å². The lowest BCUT2D eigenvalue weighted by molar-refractivity contribution is -0.889. The summed E-state index contributed by atoms with van der Waals surface area (Å²) in [5, 5.41) is 11.7. The predicted octanol–water partition coefficient (Wildman–Crippen LogP) is 14.8. The number of rotatable bonds is 50. The number of ether oxygens (including phenoxy) is 3. The van der Waals surface area contributed by atoms with E-state index in [0.717, 1.165) is 64.2 Å². The zero-order valence-electron chi connectivity index (χ0n) is 43.4. The Kier molecular flexibility index (Phi) is 46.2. The second-order valence-electron chi connectivity index (χ2n) is 19.8. The summed E-state index contributed by atoms with van der Waals surface area (Å²) >= 11 is 0. The third-order valence-corrected chi connectivity index (χ3v) is 12.5. The van der Waals surface area contributed by atoms with Crippen molar-refractivity contribution < 1.29 is 38.2 Å². The van der Waals surface area contributed by atoms with Crippen molar-refractivity contribution >= 4 is 17.9 Å². The number of hydrogen-bond donors (Lipinski definition) is 0. The van der Waals surface area contributed by atoms with Crippen LogP contribution in [0.15, 0.2) is 36.5 Å². The number of likely N-dealkylation sites (N-methyl/N-ethyl adjacent to an activating group) is 1. The van der Waals surface area contributed by atoms with Crippen LogP contribution in [0.5, 0.6) is 0 Å². The fourth-order valence-corrected chi connectivity index (χ4v) is 8.32. The number of unbranched alkanes of at least 4 members (excludes halogenated alkanes) is 30. The van der Waals surface area contributed by atoms with Crippen LogP contribution in [0.25, 0.3) is 0 Å². The Balaban J connectivity index is 4.14. The van der Waals surface area contributed by atoms with Crippen LogP contribution in [0.3, 0.4) is 0 Å². The van der Waals surface area contributed by atoms with Gasteiger partial charge >= 0.3 is 11.9 Å². The van der Waals surface area contributed by atoms with Crippen LogP contribution >= 0.6 is 0 Å². The van der Waals surface area contributed by atoms with Gasteiger partial charge in [-0.1, -0.05) is 230 Å². The van der Waals surface area contributed by atoms with Crippen molar-refractivity contribution in [3.05, 3.63) is 36.5 Å². The molecule has 65 heavy (non-hydrogen) atoms. The zero-order chi connectivity index (χ0) is 47.7. The van der Waals surface area contributed by atoms with Crippen molar-refractivity contribution in [1.82, 2.24) is 0 Å². The van der Waals surface area contributed by atoms with E-state index in [4.69, 9.17) is 14.2 Å². The highest BCUT2D eigenvalue weighted by Gasteiger charge is 2.25. The number of aliphatic carboxylic acids is 1. The Morgan fingerprint density at radius 2 is 0.862 bits per heavy atom. The second kappa shape index (κ2) is 48.0. The Hall–Kier alpha value is -2.45. The molecule has 0 heterocycles. The topological polar surface area (TPSA) is 102 Å². The minimum absolute atomic E-state index is 0.0396. The molecule has 0 saturated carbocycles. The van der Waals surface area contributed by atoms with Gasteiger partial charge in [0.05, 0.1) is 40.3 Å². The molecule has 0 aliphatic carbocycles. The van der Waals surface area contributed by atoms with Crippen molar-refractivity contribution in [2.24, 2.45) is 0 Å². The van der Waals surface area contributed by atoms with Crippen LogP contribution in [-0.2, 0) is 28.6 Å². The Morgan fingerprint density at radius 3 is 1.28 bits per heavy atom. The van der Waals surface area contributed by atoms with E-state index >= 15 is 0 Å². The number of hydrogen-bond acceptors (Lipinski definition) is 7.